The summed E-state index contributed by atoms with van der Waals surface area (Å²) in [6, 6.07) is 11.1. The van der Waals surface area contributed by atoms with Crippen LogP contribution in [0, 0.1) is 0 Å². The van der Waals surface area contributed by atoms with E-state index in [1.165, 1.54) is 11.3 Å². The second-order valence-corrected chi connectivity index (χ2v) is 10.3. The fraction of sp³-hybridized carbons (Fsp3) is 0.538. The Labute approximate surface area is 202 Å². The van der Waals surface area contributed by atoms with Gasteiger partial charge >= 0.3 is 0 Å². The fourth-order valence-corrected chi connectivity index (χ4v) is 5.88. The van der Waals surface area contributed by atoms with E-state index in [1.54, 1.807) is 0 Å². The largest absolute Gasteiger partial charge is 0.355 e. The summed E-state index contributed by atoms with van der Waals surface area (Å²) >= 11 is 7.11. The van der Waals surface area contributed by atoms with E-state index in [-0.39, 0.29) is 12.1 Å². The number of anilines is 1. The van der Waals surface area contributed by atoms with Crippen LogP contribution < -0.4 is 4.90 Å². The molecule has 2 unspecified atom stereocenters. The maximum Gasteiger partial charge on any atom is 0.139 e. The van der Waals surface area contributed by atoms with E-state index in [0.29, 0.717) is 5.92 Å². The van der Waals surface area contributed by atoms with Crippen molar-refractivity contribution in [1.82, 2.24) is 24.2 Å². The average Bonchev–Trinajstić information content (AvgIpc) is 3.16. The van der Waals surface area contributed by atoms with Crippen LogP contribution in [0.3, 0.4) is 0 Å². The van der Waals surface area contributed by atoms with Gasteiger partial charge in [-0.25, -0.2) is 4.98 Å². The van der Waals surface area contributed by atoms with E-state index in [4.69, 9.17) is 21.6 Å². The zero-order valence-corrected chi connectivity index (χ0v) is 21.0. The number of rotatable bonds is 4. The van der Waals surface area contributed by atoms with E-state index < -0.39 is 0 Å². The normalized spacial score (nSPS) is 23.0. The molecule has 176 valence electrons. The Hall–Kier alpha value is -2.15. The van der Waals surface area contributed by atoms with Crippen LogP contribution in [0.4, 0.5) is 5.82 Å². The lowest BCUT2D eigenvalue weighted by molar-refractivity contribution is 0.109. The highest BCUT2D eigenvalue weighted by Crippen LogP contribution is 2.43. The third-order valence-corrected chi connectivity index (χ3v) is 7.84. The van der Waals surface area contributed by atoms with Crippen molar-refractivity contribution in [3.8, 4) is 0 Å². The zero-order chi connectivity index (χ0) is 23.1. The Balaban J connectivity index is 1.50. The monoisotopic (exact) mass is 466 g/mol. The summed E-state index contributed by atoms with van der Waals surface area (Å²) in [4.78, 5) is 17.2. The van der Waals surface area contributed by atoms with Gasteiger partial charge in [0.1, 0.15) is 16.6 Å². The predicted molar refractivity (Wildman–Crippen MR) is 135 cm³/mol. The average molecular weight is 467 g/mol. The minimum atomic E-state index is 0.179. The van der Waals surface area contributed by atoms with Crippen molar-refractivity contribution in [3.63, 3.8) is 0 Å². The highest BCUT2D eigenvalue weighted by atomic mass is 35.5. The third-order valence-electron chi connectivity index (χ3n) is 7.48. The van der Waals surface area contributed by atoms with Gasteiger partial charge in [-0.15, -0.1) is 0 Å². The molecule has 5 rings (SSSR count). The van der Waals surface area contributed by atoms with Gasteiger partial charge in [0.2, 0.25) is 0 Å². The first-order chi connectivity index (χ1) is 16.0. The van der Waals surface area contributed by atoms with Crippen LogP contribution in [0.5, 0.6) is 0 Å². The third kappa shape index (κ3) is 4.13. The van der Waals surface area contributed by atoms with Crippen molar-refractivity contribution in [2.75, 3.05) is 45.2 Å². The number of likely N-dealkylation sites (N-methyl/N-ethyl adjacent to an activating group) is 1. The molecule has 0 amide bonds. The first-order valence-corrected chi connectivity index (χ1v) is 12.6. The number of hydrogen-bond acceptors (Lipinski definition) is 5. The molecule has 3 aromatic rings. The molecule has 0 spiro atoms. The standard InChI is InChI=1S/C26H35ClN6/c1-18(2)19-8-7-13-28-24(19)20-9-5-10-21(31(20)4)25-26(27)33-22(29-25)11-6-12-23(33)32-16-14-30(3)15-17-32/h6-8,11-13,18,20-21H,5,9-10,14-17H2,1-4H3. The molecule has 2 atom stereocenters. The highest BCUT2D eigenvalue weighted by molar-refractivity contribution is 6.30. The number of pyridine rings is 2. The lowest BCUT2D eigenvalue weighted by Crippen LogP contribution is -2.45. The molecule has 3 aromatic heterocycles. The number of imidazole rings is 1. The van der Waals surface area contributed by atoms with Gasteiger partial charge in [0.25, 0.3) is 0 Å². The smallest absolute Gasteiger partial charge is 0.139 e. The maximum atomic E-state index is 7.11. The number of piperazine rings is 1. The molecule has 0 N–H and O–H groups in total. The van der Waals surface area contributed by atoms with Crippen LogP contribution in [0.25, 0.3) is 5.65 Å². The molecule has 2 aliphatic heterocycles. The lowest BCUT2D eigenvalue weighted by atomic mass is 9.88. The van der Waals surface area contributed by atoms with E-state index in [2.05, 4.69) is 77.4 Å². The summed E-state index contributed by atoms with van der Waals surface area (Å²) in [5.74, 6) is 1.60. The number of fused-ring (bicyclic) bond motifs is 1. The first kappa shape index (κ1) is 22.6. The number of nitrogens with zero attached hydrogens (tertiary/aromatic N) is 6. The topological polar surface area (TPSA) is 39.9 Å². The first-order valence-electron chi connectivity index (χ1n) is 12.2. The molecule has 5 heterocycles. The molecule has 2 saturated heterocycles. The molecule has 2 aliphatic rings. The van der Waals surface area contributed by atoms with Crippen LogP contribution in [0.15, 0.2) is 36.5 Å². The second kappa shape index (κ2) is 9.24. The number of piperidine rings is 1. The quantitative estimate of drug-likeness (QED) is 0.531. The van der Waals surface area contributed by atoms with Crippen LogP contribution in [0.2, 0.25) is 5.15 Å². The van der Waals surface area contributed by atoms with Crippen LogP contribution >= 0.6 is 11.6 Å². The fourth-order valence-electron chi connectivity index (χ4n) is 5.54. The summed E-state index contributed by atoms with van der Waals surface area (Å²) in [7, 11) is 4.40. The van der Waals surface area contributed by atoms with Crippen molar-refractivity contribution in [3.05, 3.63) is 58.6 Å². The van der Waals surface area contributed by atoms with Gasteiger partial charge in [-0.3, -0.25) is 14.3 Å². The van der Waals surface area contributed by atoms with Crippen LogP contribution in [0.1, 0.15) is 68.1 Å². The predicted octanol–water partition coefficient (Wildman–Crippen LogP) is 5.16. The summed E-state index contributed by atoms with van der Waals surface area (Å²) in [5.41, 5.74) is 4.47. The van der Waals surface area contributed by atoms with Crippen LogP contribution in [-0.2, 0) is 0 Å². The Morgan fingerprint density at radius 3 is 2.39 bits per heavy atom. The van der Waals surface area contributed by atoms with Gasteiger partial charge in [-0.2, -0.15) is 0 Å². The van der Waals surface area contributed by atoms with Gasteiger partial charge in [-0.1, -0.05) is 37.6 Å². The van der Waals surface area contributed by atoms with Crippen molar-refractivity contribution < 1.29 is 0 Å². The van der Waals surface area contributed by atoms with Gasteiger partial charge in [0.05, 0.1) is 23.5 Å². The van der Waals surface area contributed by atoms with Crippen molar-refractivity contribution in [2.45, 2.75) is 51.1 Å². The number of aromatic nitrogens is 3. The summed E-state index contributed by atoms with van der Waals surface area (Å²) in [6.45, 7) is 8.63. The molecule has 0 aromatic carbocycles. The summed E-state index contributed by atoms with van der Waals surface area (Å²) in [6.07, 6.45) is 5.24. The molecule has 7 heteroatoms. The molecule has 0 aliphatic carbocycles. The molecular weight excluding hydrogens is 432 g/mol. The van der Waals surface area contributed by atoms with E-state index in [9.17, 15) is 0 Å². The van der Waals surface area contributed by atoms with Crippen LogP contribution in [-0.4, -0.2) is 64.4 Å². The molecule has 2 fully saturated rings. The van der Waals surface area contributed by atoms with Gasteiger partial charge in [0.15, 0.2) is 0 Å². The minimum Gasteiger partial charge on any atom is -0.355 e. The summed E-state index contributed by atoms with van der Waals surface area (Å²) < 4.78 is 2.15. The number of likely N-dealkylation sites (tertiary alicyclic amines) is 1. The second-order valence-electron chi connectivity index (χ2n) is 9.92. The van der Waals surface area contributed by atoms with Crippen molar-refractivity contribution >= 4 is 23.1 Å². The Morgan fingerprint density at radius 2 is 1.67 bits per heavy atom. The zero-order valence-electron chi connectivity index (χ0n) is 20.2. The maximum absolute atomic E-state index is 7.11. The SMILES string of the molecule is CC(C)c1cccnc1C1CCCC(c2nc3cccc(N4CCN(C)CC4)n3c2Cl)N1C. The van der Waals surface area contributed by atoms with Gasteiger partial charge < -0.3 is 9.80 Å². The van der Waals surface area contributed by atoms with E-state index in [0.717, 1.165) is 67.8 Å². The Bertz CT molecular complexity index is 1120. The molecule has 0 saturated carbocycles. The van der Waals surface area contributed by atoms with Crippen molar-refractivity contribution in [1.29, 1.82) is 0 Å². The summed E-state index contributed by atoms with van der Waals surface area (Å²) in [5, 5.41) is 0.752. The molecule has 6 nitrogen and oxygen atoms in total. The Kier molecular flexibility index (Phi) is 6.34. The molecule has 33 heavy (non-hydrogen) atoms. The lowest BCUT2D eigenvalue weighted by Gasteiger charge is -2.39. The minimum absolute atomic E-state index is 0.179. The molecule has 0 radical (unpaired) electrons. The molecule has 0 bridgehead atoms. The molecular formula is C26H35ClN6. The van der Waals surface area contributed by atoms with E-state index in [1.807, 2.05) is 6.20 Å². The van der Waals surface area contributed by atoms with Gasteiger partial charge in [-0.05, 0) is 63.0 Å². The number of hydrogen-bond donors (Lipinski definition) is 0. The highest BCUT2D eigenvalue weighted by Gasteiger charge is 2.35. The Morgan fingerprint density at radius 1 is 0.939 bits per heavy atom. The van der Waals surface area contributed by atoms with E-state index >= 15 is 0 Å². The number of halogens is 1. The van der Waals surface area contributed by atoms with Crippen molar-refractivity contribution in [2.24, 2.45) is 0 Å². The van der Waals surface area contributed by atoms with Gasteiger partial charge in [0, 0.05) is 32.4 Å².